The van der Waals surface area contributed by atoms with Crippen molar-refractivity contribution in [2.24, 2.45) is 0 Å². The third-order valence-electron chi connectivity index (χ3n) is 4.21. The normalized spacial score (nSPS) is 11.9. The number of anilines is 1. The summed E-state index contributed by atoms with van der Waals surface area (Å²) in [5.41, 5.74) is 6.53. The fraction of sp³-hybridized carbons (Fsp3) is 0.350. The number of rotatable bonds is 4. The van der Waals surface area contributed by atoms with Crippen molar-refractivity contribution in [1.82, 2.24) is 0 Å². The molecule has 0 fully saturated rings. The minimum Gasteiger partial charge on any atom is -0.481 e. The molecule has 0 radical (unpaired) electrons. The minimum absolute atomic E-state index is 0.146. The van der Waals surface area contributed by atoms with E-state index in [1.807, 2.05) is 45.0 Å². The molecule has 0 heterocycles. The van der Waals surface area contributed by atoms with Gasteiger partial charge >= 0.3 is 0 Å². The molecule has 0 saturated carbocycles. The highest BCUT2D eigenvalue weighted by Gasteiger charge is 2.17. The van der Waals surface area contributed by atoms with Gasteiger partial charge in [-0.3, -0.25) is 4.79 Å². The van der Waals surface area contributed by atoms with E-state index < -0.39 is 6.10 Å². The first-order valence-corrected chi connectivity index (χ1v) is 7.90. The first kappa shape index (κ1) is 17.1. The monoisotopic (exact) mass is 311 g/mol. The Morgan fingerprint density at radius 3 is 2.30 bits per heavy atom. The number of aryl methyl sites for hydroxylation is 4. The maximum atomic E-state index is 12.4. The minimum atomic E-state index is -0.559. The van der Waals surface area contributed by atoms with Crippen molar-refractivity contribution in [2.75, 3.05) is 5.32 Å². The first-order valence-electron chi connectivity index (χ1n) is 7.90. The van der Waals surface area contributed by atoms with E-state index in [4.69, 9.17) is 4.74 Å². The Labute approximate surface area is 138 Å². The Hall–Kier alpha value is -2.29. The van der Waals surface area contributed by atoms with E-state index in [2.05, 4.69) is 25.2 Å². The van der Waals surface area contributed by atoms with Crippen molar-refractivity contribution >= 4 is 11.6 Å². The van der Waals surface area contributed by atoms with Gasteiger partial charge in [0, 0.05) is 5.69 Å². The predicted molar refractivity (Wildman–Crippen MR) is 95.3 cm³/mol. The Morgan fingerprint density at radius 1 is 0.957 bits per heavy atom. The van der Waals surface area contributed by atoms with Crippen LogP contribution in [-0.2, 0) is 4.79 Å². The molecule has 3 nitrogen and oxygen atoms in total. The second-order valence-electron chi connectivity index (χ2n) is 6.25. The average Bonchev–Trinajstić information content (AvgIpc) is 2.48. The molecule has 122 valence electrons. The van der Waals surface area contributed by atoms with E-state index >= 15 is 0 Å². The molecule has 2 aromatic rings. The molecule has 0 aliphatic rings. The van der Waals surface area contributed by atoms with Gasteiger partial charge in [0.1, 0.15) is 5.75 Å². The highest BCUT2D eigenvalue weighted by Crippen LogP contribution is 2.24. The second kappa shape index (κ2) is 6.86. The van der Waals surface area contributed by atoms with Crippen LogP contribution in [0.2, 0.25) is 0 Å². The number of benzene rings is 2. The van der Waals surface area contributed by atoms with Gasteiger partial charge in [0.2, 0.25) is 0 Å². The predicted octanol–water partition coefficient (Wildman–Crippen LogP) is 4.63. The van der Waals surface area contributed by atoms with E-state index in [0.717, 1.165) is 28.1 Å². The number of nitrogens with one attached hydrogen (secondary N) is 1. The molecule has 0 bridgehead atoms. The largest absolute Gasteiger partial charge is 0.481 e. The van der Waals surface area contributed by atoms with Crippen molar-refractivity contribution in [3.8, 4) is 5.75 Å². The lowest BCUT2D eigenvalue weighted by Gasteiger charge is -2.18. The molecule has 1 unspecified atom stereocenters. The van der Waals surface area contributed by atoms with Gasteiger partial charge in [-0.25, -0.2) is 0 Å². The highest BCUT2D eigenvalue weighted by molar-refractivity contribution is 5.94. The van der Waals surface area contributed by atoms with Crippen molar-refractivity contribution in [2.45, 2.75) is 47.6 Å². The summed E-state index contributed by atoms with van der Waals surface area (Å²) in [5, 5.41) is 2.91. The molecular weight excluding hydrogens is 286 g/mol. The summed E-state index contributed by atoms with van der Waals surface area (Å²) in [4.78, 5) is 12.4. The van der Waals surface area contributed by atoms with E-state index in [0.29, 0.717) is 0 Å². The van der Waals surface area contributed by atoms with Crippen LogP contribution >= 0.6 is 0 Å². The van der Waals surface area contributed by atoms with Crippen LogP contribution in [-0.4, -0.2) is 12.0 Å². The van der Waals surface area contributed by atoms with Crippen molar-refractivity contribution in [3.63, 3.8) is 0 Å². The lowest BCUT2D eigenvalue weighted by Crippen LogP contribution is -2.30. The fourth-order valence-electron chi connectivity index (χ4n) is 2.43. The van der Waals surface area contributed by atoms with Crippen LogP contribution in [0.1, 0.15) is 34.7 Å². The van der Waals surface area contributed by atoms with E-state index in [1.54, 1.807) is 6.92 Å². The summed E-state index contributed by atoms with van der Waals surface area (Å²) >= 11 is 0. The second-order valence-corrected chi connectivity index (χ2v) is 6.25. The van der Waals surface area contributed by atoms with Gasteiger partial charge in [-0.2, -0.15) is 0 Å². The number of amides is 1. The Bertz CT molecular complexity index is 735. The smallest absolute Gasteiger partial charge is 0.265 e. The van der Waals surface area contributed by atoms with E-state index in [1.165, 1.54) is 11.1 Å². The molecule has 0 aliphatic heterocycles. The molecule has 2 aromatic carbocycles. The quantitative estimate of drug-likeness (QED) is 0.893. The molecule has 0 spiro atoms. The third kappa shape index (κ3) is 4.13. The Morgan fingerprint density at radius 2 is 1.65 bits per heavy atom. The van der Waals surface area contributed by atoms with Crippen LogP contribution in [0.15, 0.2) is 30.3 Å². The molecule has 0 aliphatic carbocycles. The van der Waals surface area contributed by atoms with Crippen molar-refractivity contribution in [3.05, 3.63) is 58.1 Å². The molecule has 1 N–H and O–H groups in total. The maximum absolute atomic E-state index is 12.4. The molecular formula is C20H25NO2. The SMILES string of the molecule is Cc1cc(C)c(C)c(OC(C)C(=O)Nc2ccc(C)c(C)c2)c1. The number of hydrogen-bond acceptors (Lipinski definition) is 2. The zero-order valence-electron chi connectivity index (χ0n) is 14.8. The third-order valence-corrected chi connectivity index (χ3v) is 4.21. The molecule has 1 amide bonds. The number of carbonyl (C=O) groups is 1. The van der Waals surface area contributed by atoms with Crippen LogP contribution in [0.4, 0.5) is 5.69 Å². The van der Waals surface area contributed by atoms with Gasteiger partial charge in [0.15, 0.2) is 6.10 Å². The van der Waals surface area contributed by atoms with Crippen LogP contribution in [0.5, 0.6) is 5.75 Å². The Balaban J connectivity index is 2.10. The van der Waals surface area contributed by atoms with Crippen molar-refractivity contribution in [1.29, 1.82) is 0 Å². The molecule has 0 saturated heterocycles. The summed E-state index contributed by atoms with van der Waals surface area (Å²) < 4.78 is 5.88. The molecule has 0 aromatic heterocycles. The van der Waals surface area contributed by atoms with E-state index in [9.17, 15) is 4.79 Å². The van der Waals surface area contributed by atoms with Gasteiger partial charge < -0.3 is 10.1 Å². The van der Waals surface area contributed by atoms with Crippen LogP contribution < -0.4 is 10.1 Å². The summed E-state index contributed by atoms with van der Waals surface area (Å²) in [7, 11) is 0. The van der Waals surface area contributed by atoms with Gasteiger partial charge in [-0.15, -0.1) is 0 Å². The van der Waals surface area contributed by atoms with Crippen LogP contribution in [0, 0.1) is 34.6 Å². The van der Waals surface area contributed by atoms with Crippen molar-refractivity contribution < 1.29 is 9.53 Å². The summed E-state index contributed by atoms with van der Waals surface area (Å²) in [5.74, 6) is 0.622. The first-order chi connectivity index (χ1) is 10.8. The summed E-state index contributed by atoms with van der Waals surface area (Å²) in [6, 6.07) is 9.98. The van der Waals surface area contributed by atoms with Crippen LogP contribution in [0.3, 0.4) is 0 Å². The average molecular weight is 311 g/mol. The van der Waals surface area contributed by atoms with Crippen LogP contribution in [0.25, 0.3) is 0 Å². The van der Waals surface area contributed by atoms with Gasteiger partial charge in [-0.05, 0) is 87.6 Å². The summed E-state index contributed by atoms with van der Waals surface area (Å²) in [6.45, 7) is 11.9. The molecule has 3 heteroatoms. The topological polar surface area (TPSA) is 38.3 Å². The lowest BCUT2D eigenvalue weighted by molar-refractivity contribution is -0.122. The Kier molecular flexibility index (Phi) is 5.09. The molecule has 2 rings (SSSR count). The maximum Gasteiger partial charge on any atom is 0.265 e. The molecule has 1 atom stereocenters. The lowest BCUT2D eigenvalue weighted by atomic mass is 10.1. The van der Waals surface area contributed by atoms with Gasteiger partial charge in [0.25, 0.3) is 5.91 Å². The summed E-state index contributed by atoms with van der Waals surface area (Å²) in [6.07, 6.45) is -0.559. The number of ether oxygens (including phenoxy) is 1. The van der Waals surface area contributed by atoms with Gasteiger partial charge in [-0.1, -0.05) is 12.1 Å². The highest BCUT2D eigenvalue weighted by atomic mass is 16.5. The standard InChI is InChI=1S/C20H25NO2/c1-12-9-15(4)16(5)19(10-12)23-17(6)20(22)21-18-8-7-13(2)14(3)11-18/h7-11,17H,1-6H3,(H,21,22). The van der Waals surface area contributed by atoms with E-state index in [-0.39, 0.29) is 5.91 Å². The zero-order valence-corrected chi connectivity index (χ0v) is 14.8. The number of carbonyl (C=O) groups excluding carboxylic acids is 1. The number of hydrogen-bond donors (Lipinski definition) is 1. The fourth-order valence-corrected chi connectivity index (χ4v) is 2.43. The molecule has 23 heavy (non-hydrogen) atoms. The zero-order chi connectivity index (χ0) is 17.1. The van der Waals surface area contributed by atoms with Gasteiger partial charge in [0.05, 0.1) is 0 Å².